The van der Waals surface area contributed by atoms with Gasteiger partial charge in [-0.05, 0) is 35.4 Å². The van der Waals surface area contributed by atoms with E-state index in [1.54, 1.807) is 31.4 Å². The van der Waals surface area contributed by atoms with Gasteiger partial charge in [0.2, 0.25) is 5.88 Å². The van der Waals surface area contributed by atoms with E-state index in [1.165, 1.54) is 0 Å². The van der Waals surface area contributed by atoms with Gasteiger partial charge in [0, 0.05) is 24.9 Å². The number of rotatable bonds is 4. The fraction of sp³-hybridized carbons (Fsp3) is 0.0526. The number of amides is 1. The van der Waals surface area contributed by atoms with Crippen LogP contribution in [0.25, 0.3) is 11.1 Å². The van der Waals surface area contributed by atoms with E-state index < -0.39 is 0 Å². The minimum atomic E-state index is -0.131. The third kappa shape index (κ3) is 3.37. The summed E-state index contributed by atoms with van der Waals surface area (Å²) in [6.07, 6.45) is 1.67. The number of nitrogens with zero attached hydrogens (tertiary/aromatic N) is 1. The van der Waals surface area contributed by atoms with Crippen molar-refractivity contribution in [3.05, 3.63) is 78.5 Å². The van der Waals surface area contributed by atoms with Gasteiger partial charge in [-0.3, -0.25) is 4.79 Å². The first kappa shape index (κ1) is 14.8. The SMILES string of the molecule is CNC(=O)c1ccc(Oc2ccccn2)cc1-c1ccccc1. The van der Waals surface area contributed by atoms with Crippen molar-refractivity contribution in [3.63, 3.8) is 0 Å². The van der Waals surface area contributed by atoms with E-state index in [0.29, 0.717) is 17.2 Å². The first-order valence-corrected chi connectivity index (χ1v) is 7.28. The summed E-state index contributed by atoms with van der Waals surface area (Å²) in [5.41, 5.74) is 2.38. The molecular weight excluding hydrogens is 288 g/mol. The second kappa shape index (κ2) is 6.75. The van der Waals surface area contributed by atoms with Crippen LogP contribution < -0.4 is 10.1 Å². The van der Waals surface area contributed by atoms with Crippen LogP contribution in [0, 0.1) is 0 Å². The third-order valence-electron chi connectivity index (χ3n) is 3.41. The van der Waals surface area contributed by atoms with Gasteiger partial charge in [-0.25, -0.2) is 4.98 Å². The van der Waals surface area contributed by atoms with Crippen molar-refractivity contribution in [1.82, 2.24) is 10.3 Å². The normalized spacial score (nSPS) is 10.1. The van der Waals surface area contributed by atoms with Gasteiger partial charge in [-0.2, -0.15) is 0 Å². The number of hydrogen-bond donors (Lipinski definition) is 1. The molecule has 0 aliphatic heterocycles. The third-order valence-corrected chi connectivity index (χ3v) is 3.41. The lowest BCUT2D eigenvalue weighted by Crippen LogP contribution is -2.18. The molecule has 1 amide bonds. The molecule has 114 valence electrons. The van der Waals surface area contributed by atoms with Crippen molar-refractivity contribution in [3.8, 4) is 22.8 Å². The van der Waals surface area contributed by atoms with Gasteiger partial charge in [-0.1, -0.05) is 36.4 Å². The number of carbonyl (C=O) groups is 1. The number of carbonyl (C=O) groups excluding carboxylic acids is 1. The van der Waals surface area contributed by atoms with Crippen molar-refractivity contribution >= 4 is 5.91 Å². The summed E-state index contributed by atoms with van der Waals surface area (Å²) < 4.78 is 5.77. The molecule has 4 nitrogen and oxygen atoms in total. The maximum Gasteiger partial charge on any atom is 0.251 e. The second-order valence-corrected chi connectivity index (χ2v) is 4.92. The molecule has 0 atom stereocenters. The summed E-state index contributed by atoms with van der Waals surface area (Å²) in [5.74, 6) is 1.02. The van der Waals surface area contributed by atoms with Crippen LogP contribution in [0.1, 0.15) is 10.4 Å². The molecule has 4 heteroatoms. The predicted molar refractivity (Wildman–Crippen MR) is 89.6 cm³/mol. The van der Waals surface area contributed by atoms with Gasteiger partial charge in [0.15, 0.2) is 0 Å². The predicted octanol–water partition coefficient (Wildman–Crippen LogP) is 3.90. The molecule has 0 saturated carbocycles. The summed E-state index contributed by atoms with van der Waals surface area (Å²) in [7, 11) is 1.62. The van der Waals surface area contributed by atoms with Crippen molar-refractivity contribution in [1.29, 1.82) is 0 Å². The minimum Gasteiger partial charge on any atom is -0.439 e. The van der Waals surface area contributed by atoms with Crippen LogP contribution in [0.15, 0.2) is 72.9 Å². The highest BCUT2D eigenvalue weighted by Crippen LogP contribution is 2.30. The molecule has 1 N–H and O–H groups in total. The highest BCUT2D eigenvalue weighted by molar-refractivity contribution is 6.01. The Labute approximate surface area is 134 Å². The Hall–Kier alpha value is -3.14. The van der Waals surface area contributed by atoms with E-state index in [0.717, 1.165) is 11.1 Å². The van der Waals surface area contributed by atoms with Crippen molar-refractivity contribution in [2.75, 3.05) is 7.05 Å². The van der Waals surface area contributed by atoms with Crippen molar-refractivity contribution in [2.45, 2.75) is 0 Å². The summed E-state index contributed by atoms with van der Waals surface area (Å²) in [6.45, 7) is 0. The smallest absolute Gasteiger partial charge is 0.251 e. The fourth-order valence-corrected chi connectivity index (χ4v) is 2.30. The maximum atomic E-state index is 12.1. The van der Waals surface area contributed by atoms with Crippen molar-refractivity contribution < 1.29 is 9.53 Å². The van der Waals surface area contributed by atoms with E-state index in [9.17, 15) is 4.79 Å². The molecule has 23 heavy (non-hydrogen) atoms. The molecule has 1 aromatic heterocycles. The van der Waals surface area contributed by atoms with E-state index in [4.69, 9.17) is 4.74 Å². The number of hydrogen-bond acceptors (Lipinski definition) is 3. The molecule has 2 aromatic carbocycles. The summed E-state index contributed by atoms with van der Waals surface area (Å²) in [6, 6.07) is 20.6. The number of benzene rings is 2. The summed E-state index contributed by atoms with van der Waals surface area (Å²) in [4.78, 5) is 16.3. The van der Waals surface area contributed by atoms with Crippen LogP contribution >= 0.6 is 0 Å². The number of ether oxygens (including phenoxy) is 1. The van der Waals surface area contributed by atoms with Gasteiger partial charge >= 0.3 is 0 Å². The molecule has 0 radical (unpaired) electrons. The molecule has 3 aromatic rings. The second-order valence-electron chi connectivity index (χ2n) is 4.92. The summed E-state index contributed by atoms with van der Waals surface area (Å²) >= 11 is 0. The summed E-state index contributed by atoms with van der Waals surface area (Å²) in [5, 5.41) is 2.67. The average Bonchev–Trinajstić information content (AvgIpc) is 2.62. The zero-order valence-electron chi connectivity index (χ0n) is 12.7. The first-order chi connectivity index (χ1) is 11.3. The van der Waals surface area contributed by atoms with E-state index in [-0.39, 0.29) is 5.91 Å². The van der Waals surface area contributed by atoms with Crippen LogP contribution in [0.2, 0.25) is 0 Å². The quantitative estimate of drug-likeness (QED) is 0.795. The Balaban J connectivity index is 2.03. The Kier molecular flexibility index (Phi) is 4.34. The Morgan fingerprint density at radius 1 is 1.00 bits per heavy atom. The van der Waals surface area contributed by atoms with E-state index in [1.807, 2.05) is 48.5 Å². The number of nitrogens with one attached hydrogen (secondary N) is 1. The van der Waals surface area contributed by atoms with E-state index >= 15 is 0 Å². The lowest BCUT2D eigenvalue weighted by atomic mass is 9.99. The number of pyridine rings is 1. The number of aromatic nitrogens is 1. The molecule has 0 fully saturated rings. The van der Waals surface area contributed by atoms with Gasteiger partial charge in [0.05, 0.1) is 0 Å². The highest BCUT2D eigenvalue weighted by atomic mass is 16.5. The molecule has 3 rings (SSSR count). The molecule has 0 aliphatic rings. The Morgan fingerprint density at radius 2 is 1.78 bits per heavy atom. The largest absolute Gasteiger partial charge is 0.439 e. The van der Waals surface area contributed by atoms with Crippen LogP contribution in [-0.4, -0.2) is 17.9 Å². The average molecular weight is 304 g/mol. The zero-order valence-corrected chi connectivity index (χ0v) is 12.7. The van der Waals surface area contributed by atoms with Crippen LogP contribution in [-0.2, 0) is 0 Å². The highest BCUT2D eigenvalue weighted by Gasteiger charge is 2.13. The molecule has 0 bridgehead atoms. The Morgan fingerprint density at radius 3 is 2.48 bits per heavy atom. The monoisotopic (exact) mass is 304 g/mol. The molecule has 1 heterocycles. The van der Waals surface area contributed by atoms with E-state index in [2.05, 4.69) is 10.3 Å². The lowest BCUT2D eigenvalue weighted by Gasteiger charge is -2.12. The standard InChI is InChI=1S/C19H16N2O2/c1-20-19(22)16-11-10-15(23-18-9-5-6-12-21-18)13-17(16)14-7-3-2-4-8-14/h2-13H,1H3,(H,20,22). The van der Waals surface area contributed by atoms with Crippen LogP contribution in [0.4, 0.5) is 0 Å². The molecular formula is C19H16N2O2. The van der Waals surface area contributed by atoms with Gasteiger partial charge in [-0.15, -0.1) is 0 Å². The topological polar surface area (TPSA) is 51.2 Å². The lowest BCUT2D eigenvalue weighted by molar-refractivity contribution is 0.0963. The zero-order chi connectivity index (χ0) is 16.1. The molecule has 0 unspecified atom stereocenters. The van der Waals surface area contributed by atoms with Crippen molar-refractivity contribution in [2.24, 2.45) is 0 Å². The van der Waals surface area contributed by atoms with Gasteiger partial charge in [0.1, 0.15) is 5.75 Å². The first-order valence-electron chi connectivity index (χ1n) is 7.28. The molecule has 0 aliphatic carbocycles. The van der Waals surface area contributed by atoms with Crippen LogP contribution in [0.3, 0.4) is 0 Å². The maximum absolute atomic E-state index is 12.1. The van der Waals surface area contributed by atoms with Crippen LogP contribution in [0.5, 0.6) is 11.6 Å². The minimum absolute atomic E-state index is 0.131. The fourth-order valence-electron chi connectivity index (χ4n) is 2.30. The Bertz CT molecular complexity index is 802. The molecule has 0 spiro atoms. The molecule has 0 saturated heterocycles. The van der Waals surface area contributed by atoms with Gasteiger partial charge < -0.3 is 10.1 Å². The van der Waals surface area contributed by atoms with Gasteiger partial charge in [0.25, 0.3) is 5.91 Å².